The number of nitrogens with zero attached hydrogens (tertiary/aromatic N) is 6. The van der Waals surface area contributed by atoms with Crippen molar-refractivity contribution < 1.29 is 4.74 Å². The summed E-state index contributed by atoms with van der Waals surface area (Å²) in [5, 5.41) is 0. The molecule has 114 valence electrons. The summed E-state index contributed by atoms with van der Waals surface area (Å²) in [5.41, 5.74) is 2.75. The summed E-state index contributed by atoms with van der Waals surface area (Å²) >= 11 is 0. The summed E-state index contributed by atoms with van der Waals surface area (Å²) in [5.74, 6) is 0.741. The smallest absolute Gasteiger partial charge is 0.167 e. The number of benzene rings is 1. The molecule has 1 aromatic carbocycles. The van der Waals surface area contributed by atoms with Crippen LogP contribution in [0.5, 0.6) is 5.75 Å². The van der Waals surface area contributed by atoms with Crippen LogP contribution in [0.15, 0.2) is 68.3 Å². The number of rotatable bonds is 4. The van der Waals surface area contributed by atoms with Gasteiger partial charge in [0.25, 0.3) is 0 Å². The van der Waals surface area contributed by atoms with Crippen LogP contribution < -0.4 is 4.74 Å². The van der Waals surface area contributed by atoms with E-state index in [1.165, 1.54) is 0 Å². The number of aromatic nitrogens is 6. The quantitative estimate of drug-likeness (QED) is 0.580. The van der Waals surface area contributed by atoms with Crippen molar-refractivity contribution in [2.45, 2.75) is 0 Å². The van der Waals surface area contributed by atoms with Gasteiger partial charge in [0.2, 0.25) is 0 Å². The third-order valence-corrected chi connectivity index (χ3v) is 3.61. The van der Waals surface area contributed by atoms with Crippen molar-refractivity contribution in [3.05, 3.63) is 68.3 Å². The van der Waals surface area contributed by atoms with Gasteiger partial charge in [-0.2, -0.15) is 0 Å². The van der Waals surface area contributed by atoms with Crippen LogP contribution in [0.4, 0.5) is 0 Å². The fourth-order valence-electron chi connectivity index (χ4n) is 2.54. The maximum Gasteiger partial charge on any atom is 0.167 e. The van der Waals surface area contributed by atoms with E-state index < -0.39 is 0 Å². The van der Waals surface area contributed by atoms with Crippen LogP contribution in [0.1, 0.15) is 0 Å². The van der Waals surface area contributed by atoms with E-state index in [0.29, 0.717) is 0 Å². The lowest BCUT2D eigenvalue weighted by atomic mass is 10.2. The van der Waals surface area contributed by atoms with Crippen LogP contribution >= 0.6 is 0 Å². The van der Waals surface area contributed by atoms with E-state index in [9.17, 15) is 0 Å². The maximum absolute atomic E-state index is 5.67. The molecule has 3 aromatic heterocycles. The molecule has 0 atom stereocenters. The number of hydrogen-bond donors (Lipinski definition) is 0. The molecular weight excluding hydrogens is 292 g/mol. The summed E-state index contributed by atoms with van der Waals surface area (Å²) < 4.78 is 11.5. The Bertz CT molecular complexity index is 839. The molecule has 0 saturated heterocycles. The molecule has 0 amide bonds. The Morgan fingerprint density at radius 1 is 0.739 bits per heavy atom. The zero-order valence-electron chi connectivity index (χ0n) is 12.4. The maximum atomic E-state index is 5.67. The molecule has 0 aliphatic heterocycles. The standard InChI is InChI=1S/C16H14N6O/c1-23-16-14(21-6-3-18-11-21)8-13(20-5-2-17-10-20)9-15(16)22-7-4-19-12-22/h2-12H,1H3. The molecule has 0 bridgehead atoms. The summed E-state index contributed by atoms with van der Waals surface area (Å²) in [4.78, 5) is 12.4. The van der Waals surface area contributed by atoms with E-state index in [-0.39, 0.29) is 0 Å². The molecule has 23 heavy (non-hydrogen) atoms. The van der Waals surface area contributed by atoms with E-state index in [2.05, 4.69) is 15.0 Å². The Kier molecular flexibility index (Phi) is 3.16. The van der Waals surface area contributed by atoms with Crippen LogP contribution in [-0.4, -0.2) is 35.8 Å². The van der Waals surface area contributed by atoms with E-state index in [1.807, 2.05) is 44.4 Å². The van der Waals surface area contributed by atoms with Crippen LogP contribution in [0.25, 0.3) is 17.1 Å². The summed E-state index contributed by atoms with van der Waals surface area (Å²) in [6.45, 7) is 0. The lowest BCUT2D eigenvalue weighted by Gasteiger charge is -2.17. The SMILES string of the molecule is COc1c(-n2ccnc2)cc(-n2ccnc2)cc1-n1ccnc1. The van der Waals surface area contributed by atoms with Crippen molar-refractivity contribution in [2.75, 3.05) is 7.11 Å². The average Bonchev–Trinajstić information content (AvgIpc) is 3.37. The van der Waals surface area contributed by atoms with Gasteiger partial charge < -0.3 is 18.4 Å². The van der Waals surface area contributed by atoms with Gasteiger partial charge in [0, 0.05) is 37.2 Å². The van der Waals surface area contributed by atoms with Crippen molar-refractivity contribution in [2.24, 2.45) is 0 Å². The van der Waals surface area contributed by atoms with Crippen molar-refractivity contribution in [3.8, 4) is 22.8 Å². The molecule has 4 aromatic rings. The Morgan fingerprint density at radius 2 is 1.22 bits per heavy atom. The number of ether oxygens (including phenoxy) is 1. The Hall–Kier alpha value is -3.35. The molecule has 0 fully saturated rings. The highest BCUT2D eigenvalue weighted by atomic mass is 16.5. The monoisotopic (exact) mass is 306 g/mol. The highest BCUT2D eigenvalue weighted by Crippen LogP contribution is 2.33. The van der Waals surface area contributed by atoms with Gasteiger partial charge in [0.05, 0.1) is 43.2 Å². The van der Waals surface area contributed by atoms with Gasteiger partial charge >= 0.3 is 0 Å². The predicted octanol–water partition coefficient (Wildman–Crippen LogP) is 2.25. The first-order valence-electron chi connectivity index (χ1n) is 7.04. The first-order chi connectivity index (χ1) is 11.4. The highest BCUT2D eigenvalue weighted by molar-refractivity contribution is 5.65. The van der Waals surface area contributed by atoms with E-state index in [0.717, 1.165) is 22.8 Å². The van der Waals surface area contributed by atoms with Crippen LogP contribution in [0.2, 0.25) is 0 Å². The Balaban J connectivity index is 2.01. The lowest BCUT2D eigenvalue weighted by Crippen LogP contribution is -2.04. The Labute approximate surface area is 132 Å². The third-order valence-electron chi connectivity index (χ3n) is 3.61. The molecule has 0 aliphatic rings. The second-order valence-electron chi connectivity index (χ2n) is 4.93. The van der Waals surface area contributed by atoms with E-state index in [4.69, 9.17) is 4.74 Å². The molecule has 0 N–H and O–H groups in total. The third kappa shape index (κ3) is 2.28. The van der Waals surface area contributed by atoms with Crippen LogP contribution in [0, 0.1) is 0 Å². The fraction of sp³-hybridized carbons (Fsp3) is 0.0625. The average molecular weight is 306 g/mol. The number of imidazole rings is 3. The molecule has 4 rings (SSSR count). The van der Waals surface area contributed by atoms with E-state index in [1.54, 1.807) is 44.7 Å². The van der Waals surface area contributed by atoms with Crippen LogP contribution in [-0.2, 0) is 0 Å². The predicted molar refractivity (Wildman–Crippen MR) is 84.4 cm³/mol. The van der Waals surface area contributed by atoms with Gasteiger partial charge in [-0.05, 0) is 12.1 Å². The van der Waals surface area contributed by atoms with Crippen molar-refractivity contribution in [1.82, 2.24) is 28.7 Å². The van der Waals surface area contributed by atoms with Crippen molar-refractivity contribution >= 4 is 0 Å². The van der Waals surface area contributed by atoms with Crippen molar-refractivity contribution in [1.29, 1.82) is 0 Å². The zero-order chi connectivity index (χ0) is 15.6. The van der Waals surface area contributed by atoms with Crippen molar-refractivity contribution in [3.63, 3.8) is 0 Å². The molecule has 0 radical (unpaired) electrons. The first-order valence-corrected chi connectivity index (χ1v) is 7.04. The van der Waals surface area contributed by atoms with Crippen LogP contribution in [0.3, 0.4) is 0 Å². The zero-order valence-corrected chi connectivity index (χ0v) is 12.4. The minimum Gasteiger partial charge on any atom is -0.492 e. The van der Waals surface area contributed by atoms with Gasteiger partial charge in [-0.25, -0.2) is 15.0 Å². The molecule has 3 heterocycles. The van der Waals surface area contributed by atoms with Gasteiger partial charge in [0.15, 0.2) is 5.75 Å². The van der Waals surface area contributed by atoms with Gasteiger partial charge in [-0.3, -0.25) is 0 Å². The normalized spacial score (nSPS) is 10.8. The summed E-state index contributed by atoms with van der Waals surface area (Å²) in [7, 11) is 1.66. The topological polar surface area (TPSA) is 62.7 Å². The molecule has 7 nitrogen and oxygen atoms in total. The van der Waals surface area contributed by atoms with Gasteiger partial charge in [-0.15, -0.1) is 0 Å². The molecule has 0 spiro atoms. The minimum absolute atomic E-state index is 0.741. The molecule has 0 unspecified atom stereocenters. The molecular formula is C16H14N6O. The largest absolute Gasteiger partial charge is 0.492 e. The molecule has 0 aliphatic carbocycles. The first kappa shape index (κ1) is 13.3. The number of methoxy groups -OCH3 is 1. The second-order valence-corrected chi connectivity index (χ2v) is 4.93. The summed E-state index contributed by atoms with van der Waals surface area (Å²) in [6.07, 6.45) is 16.1. The molecule has 0 saturated carbocycles. The number of hydrogen-bond acceptors (Lipinski definition) is 4. The fourth-order valence-corrected chi connectivity index (χ4v) is 2.54. The van der Waals surface area contributed by atoms with E-state index >= 15 is 0 Å². The Morgan fingerprint density at radius 3 is 1.61 bits per heavy atom. The minimum atomic E-state index is 0.741. The summed E-state index contributed by atoms with van der Waals surface area (Å²) in [6, 6.07) is 4.06. The molecule has 7 heteroatoms. The highest BCUT2D eigenvalue weighted by Gasteiger charge is 2.15. The van der Waals surface area contributed by atoms with Gasteiger partial charge in [0.1, 0.15) is 0 Å². The second kappa shape index (κ2) is 5.45. The van der Waals surface area contributed by atoms with Gasteiger partial charge in [-0.1, -0.05) is 0 Å². The lowest BCUT2D eigenvalue weighted by molar-refractivity contribution is 0.411.